The van der Waals surface area contributed by atoms with Gasteiger partial charge in [-0.2, -0.15) is 8.42 Å². The SMILES string of the molecule is Cc1ccc(S(=O)(=O)n2c(N3CCC(c4ccc5c6c(cccc46)C(=O)N5C4CCC(=O)NC4=O)CC3)cc3ccc(CS(=O)(=O)O)cc32)cc1. The lowest BCUT2D eigenvalue weighted by atomic mass is 9.85. The highest BCUT2D eigenvalue weighted by Gasteiger charge is 2.41. The van der Waals surface area contributed by atoms with Gasteiger partial charge in [-0.05, 0) is 85.0 Å². The van der Waals surface area contributed by atoms with E-state index in [2.05, 4.69) is 5.32 Å². The molecule has 0 bridgehead atoms. The third kappa shape index (κ3) is 5.67. The number of nitrogens with zero attached hydrogens (tertiary/aromatic N) is 3. The molecule has 0 aliphatic carbocycles. The molecule has 3 amide bonds. The largest absolute Gasteiger partial charge is 0.357 e. The number of imide groups is 1. The van der Waals surface area contributed by atoms with E-state index in [0.717, 1.165) is 21.9 Å². The van der Waals surface area contributed by atoms with Crippen molar-refractivity contribution in [2.45, 2.75) is 55.2 Å². The first kappa shape index (κ1) is 33.1. The molecule has 1 aromatic heterocycles. The van der Waals surface area contributed by atoms with Gasteiger partial charge in [-0.1, -0.05) is 48.0 Å². The van der Waals surface area contributed by atoms with E-state index >= 15 is 0 Å². The molecule has 2 fully saturated rings. The number of rotatable bonds is 7. The highest BCUT2D eigenvalue weighted by Crippen LogP contribution is 2.45. The Morgan fingerprint density at radius 2 is 1.61 bits per heavy atom. The monoisotopic (exact) mass is 726 g/mol. The zero-order valence-electron chi connectivity index (χ0n) is 27.6. The topological polar surface area (TPSA) is 163 Å². The van der Waals surface area contributed by atoms with E-state index in [-0.39, 0.29) is 41.0 Å². The molecule has 3 aliphatic rings. The van der Waals surface area contributed by atoms with Crippen LogP contribution in [-0.4, -0.2) is 62.2 Å². The summed E-state index contributed by atoms with van der Waals surface area (Å²) in [5.74, 6) is -1.18. The highest BCUT2D eigenvalue weighted by molar-refractivity contribution is 7.90. The van der Waals surface area contributed by atoms with Crippen LogP contribution in [0.15, 0.2) is 83.8 Å². The van der Waals surface area contributed by atoms with E-state index in [1.165, 1.54) is 14.9 Å². The van der Waals surface area contributed by atoms with Gasteiger partial charge in [0.25, 0.3) is 26.0 Å². The number of carbonyl (C=O) groups is 3. The summed E-state index contributed by atoms with van der Waals surface area (Å²) in [7, 11) is -8.48. The molecular weight excluding hydrogens is 693 g/mol. The minimum Gasteiger partial charge on any atom is -0.357 e. The summed E-state index contributed by atoms with van der Waals surface area (Å²) < 4.78 is 62.7. The third-order valence-electron chi connectivity index (χ3n) is 10.3. The van der Waals surface area contributed by atoms with Crippen molar-refractivity contribution in [3.63, 3.8) is 0 Å². The molecule has 2 N–H and O–H groups in total. The normalized spacial score (nSPS) is 18.6. The number of amides is 3. The quantitative estimate of drug-likeness (QED) is 0.176. The lowest BCUT2D eigenvalue weighted by molar-refractivity contribution is -0.134. The fourth-order valence-corrected chi connectivity index (χ4v) is 9.96. The second kappa shape index (κ2) is 12.0. The summed E-state index contributed by atoms with van der Waals surface area (Å²) in [4.78, 5) is 41.9. The number of anilines is 2. The predicted octanol–water partition coefficient (Wildman–Crippen LogP) is 4.88. The van der Waals surface area contributed by atoms with E-state index in [0.29, 0.717) is 53.9 Å². The van der Waals surface area contributed by atoms with Crippen LogP contribution >= 0.6 is 0 Å². The predicted molar refractivity (Wildman–Crippen MR) is 192 cm³/mol. The van der Waals surface area contributed by atoms with Crippen molar-refractivity contribution >= 4 is 71.0 Å². The zero-order chi connectivity index (χ0) is 35.8. The van der Waals surface area contributed by atoms with Gasteiger partial charge in [0.1, 0.15) is 17.6 Å². The number of hydrogen-bond acceptors (Lipinski definition) is 8. The molecule has 2 saturated heterocycles. The Morgan fingerprint density at radius 1 is 0.863 bits per heavy atom. The molecule has 12 nitrogen and oxygen atoms in total. The maximum Gasteiger partial charge on any atom is 0.269 e. The maximum absolute atomic E-state index is 14.3. The van der Waals surface area contributed by atoms with Crippen LogP contribution < -0.4 is 15.1 Å². The van der Waals surface area contributed by atoms with Crippen molar-refractivity contribution in [3.05, 3.63) is 101 Å². The molecule has 0 radical (unpaired) electrons. The molecule has 1 unspecified atom stereocenters. The Labute approximate surface area is 294 Å². The molecule has 51 heavy (non-hydrogen) atoms. The van der Waals surface area contributed by atoms with Crippen LogP contribution in [0.1, 0.15) is 58.6 Å². The standard InChI is InChI=1S/C37H34N4O8S2/c1-22-5-9-26(10-6-22)51(48,49)41-32-19-23(21-50(45,46)47)7-8-25(32)20-34(41)39-17-15-24(16-18-39)27-11-12-30-35-28(27)3-2-4-29(35)37(44)40(30)31-13-14-33(42)38-36(31)43/h2-12,19-20,24,31H,13-18,21H2,1H3,(H,38,42,43)(H,45,46,47). The van der Waals surface area contributed by atoms with Gasteiger partial charge in [-0.25, -0.2) is 12.4 Å². The summed E-state index contributed by atoms with van der Waals surface area (Å²) >= 11 is 0. The average Bonchev–Trinajstić information content (AvgIpc) is 3.61. The average molecular weight is 727 g/mol. The first-order chi connectivity index (χ1) is 24.3. The molecule has 3 aliphatic heterocycles. The molecule has 4 heterocycles. The number of piperidine rings is 2. The zero-order valence-corrected chi connectivity index (χ0v) is 29.2. The smallest absolute Gasteiger partial charge is 0.269 e. The van der Waals surface area contributed by atoms with Gasteiger partial charge in [0.2, 0.25) is 11.8 Å². The molecule has 4 aromatic carbocycles. The van der Waals surface area contributed by atoms with Crippen molar-refractivity contribution in [1.29, 1.82) is 0 Å². The Hall–Kier alpha value is -5.05. The Kier molecular flexibility index (Phi) is 7.81. The fourth-order valence-electron chi connectivity index (χ4n) is 7.84. The Morgan fingerprint density at radius 3 is 2.31 bits per heavy atom. The number of aromatic nitrogens is 1. The van der Waals surface area contributed by atoms with E-state index in [4.69, 9.17) is 0 Å². The van der Waals surface area contributed by atoms with Gasteiger partial charge < -0.3 is 4.90 Å². The van der Waals surface area contributed by atoms with Crippen molar-refractivity contribution in [2.24, 2.45) is 0 Å². The van der Waals surface area contributed by atoms with Crippen LogP contribution in [-0.2, 0) is 35.5 Å². The van der Waals surface area contributed by atoms with E-state index in [9.17, 15) is 35.8 Å². The fraction of sp³-hybridized carbons (Fsp3) is 0.270. The van der Waals surface area contributed by atoms with Crippen molar-refractivity contribution in [1.82, 2.24) is 9.29 Å². The molecule has 1 atom stereocenters. The van der Waals surface area contributed by atoms with Gasteiger partial charge >= 0.3 is 0 Å². The number of carbonyl (C=O) groups excluding carboxylic acids is 3. The summed E-state index contributed by atoms with van der Waals surface area (Å²) in [6, 6.07) is 21.8. The number of nitrogens with one attached hydrogen (secondary N) is 1. The van der Waals surface area contributed by atoms with Gasteiger partial charge in [0.05, 0.1) is 16.1 Å². The number of fused-ring (bicyclic) bond motifs is 1. The van der Waals surface area contributed by atoms with E-state index < -0.39 is 37.8 Å². The van der Waals surface area contributed by atoms with Crippen LogP contribution in [0.25, 0.3) is 21.7 Å². The maximum atomic E-state index is 14.3. The molecule has 262 valence electrons. The van der Waals surface area contributed by atoms with Gasteiger partial charge in [-0.15, -0.1) is 0 Å². The Balaban J connectivity index is 1.13. The molecule has 8 rings (SSSR count). The molecule has 14 heteroatoms. The van der Waals surface area contributed by atoms with Gasteiger partial charge in [0, 0.05) is 35.8 Å². The number of benzene rings is 4. The molecule has 5 aromatic rings. The Bertz CT molecular complexity index is 2520. The molecule has 0 spiro atoms. The summed E-state index contributed by atoms with van der Waals surface area (Å²) in [5.41, 5.74) is 3.71. The summed E-state index contributed by atoms with van der Waals surface area (Å²) in [5, 5.41) is 4.69. The van der Waals surface area contributed by atoms with E-state index in [1.54, 1.807) is 48.5 Å². The third-order valence-corrected chi connectivity index (χ3v) is 12.7. The molecular formula is C37H34N4O8S2. The van der Waals surface area contributed by atoms with E-state index in [1.807, 2.05) is 36.1 Å². The van der Waals surface area contributed by atoms with Crippen molar-refractivity contribution < 1.29 is 35.8 Å². The lowest BCUT2D eigenvalue weighted by Gasteiger charge is -2.35. The van der Waals surface area contributed by atoms with Crippen LogP contribution in [0.2, 0.25) is 0 Å². The van der Waals surface area contributed by atoms with Gasteiger partial charge in [0.15, 0.2) is 0 Å². The lowest BCUT2D eigenvalue weighted by Crippen LogP contribution is -2.53. The van der Waals surface area contributed by atoms with Crippen LogP contribution in [0, 0.1) is 6.92 Å². The first-order valence-electron chi connectivity index (χ1n) is 16.7. The minimum absolute atomic E-state index is 0.0932. The van der Waals surface area contributed by atoms with Crippen LogP contribution in [0.4, 0.5) is 11.5 Å². The van der Waals surface area contributed by atoms with Crippen LogP contribution in [0.5, 0.6) is 0 Å². The van der Waals surface area contributed by atoms with Crippen LogP contribution in [0.3, 0.4) is 0 Å². The van der Waals surface area contributed by atoms with Gasteiger partial charge in [-0.3, -0.25) is 29.2 Å². The highest BCUT2D eigenvalue weighted by atomic mass is 32.2. The molecule has 0 saturated carbocycles. The summed E-state index contributed by atoms with van der Waals surface area (Å²) in [6.45, 7) is 2.91. The van der Waals surface area contributed by atoms with Crippen molar-refractivity contribution in [3.8, 4) is 0 Å². The second-order valence-corrected chi connectivity index (χ2v) is 16.7. The summed E-state index contributed by atoms with van der Waals surface area (Å²) in [6.07, 6.45) is 1.78. The first-order valence-corrected chi connectivity index (χ1v) is 19.7. The second-order valence-electron chi connectivity index (χ2n) is 13.5. The van der Waals surface area contributed by atoms with Crippen molar-refractivity contribution in [2.75, 3.05) is 22.9 Å². The number of aryl methyl sites for hydroxylation is 1. The minimum atomic E-state index is -4.35. The number of hydrogen-bond donors (Lipinski definition) is 2.